The molecule has 1 N–H and O–H groups in total. The molecule has 0 atom stereocenters. The fourth-order valence-corrected chi connectivity index (χ4v) is 1.81. The summed E-state index contributed by atoms with van der Waals surface area (Å²) in [6.07, 6.45) is 5.12. The number of likely N-dealkylation sites (N-methyl/N-ethyl adjacent to an activating group) is 1. The van der Waals surface area contributed by atoms with Crippen molar-refractivity contribution in [3.63, 3.8) is 0 Å². The average molecular weight is 244 g/mol. The van der Waals surface area contributed by atoms with E-state index in [1.54, 1.807) is 0 Å². The molecule has 3 nitrogen and oxygen atoms in total. The third-order valence-electron chi connectivity index (χ3n) is 2.81. The third-order valence-corrected chi connectivity index (χ3v) is 2.81. The number of aryl methyl sites for hydroxylation is 2. The minimum atomic E-state index is -0.0456. The Kier molecular flexibility index (Phi) is 5.26. The maximum absolute atomic E-state index is 11.7. The zero-order valence-corrected chi connectivity index (χ0v) is 11.3. The van der Waals surface area contributed by atoms with Gasteiger partial charge in [0.05, 0.1) is 13.1 Å². The molecule has 1 aromatic carbocycles. The Morgan fingerprint density at radius 2 is 2.17 bits per heavy atom. The van der Waals surface area contributed by atoms with E-state index in [0.717, 1.165) is 12.2 Å². The maximum Gasteiger partial charge on any atom is 0.240 e. The largest absolute Gasteiger partial charge is 0.362 e. The quantitative estimate of drug-likeness (QED) is 0.802. The lowest BCUT2D eigenvalue weighted by atomic mass is 10.1. The summed E-state index contributed by atoms with van der Waals surface area (Å²) >= 11 is 0. The van der Waals surface area contributed by atoms with E-state index in [1.807, 2.05) is 11.8 Å². The van der Waals surface area contributed by atoms with E-state index >= 15 is 0 Å². The first-order chi connectivity index (χ1) is 8.58. The monoisotopic (exact) mass is 244 g/mol. The van der Waals surface area contributed by atoms with Crippen molar-refractivity contribution in [1.29, 1.82) is 0 Å². The van der Waals surface area contributed by atoms with Gasteiger partial charge in [-0.2, -0.15) is 0 Å². The van der Waals surface area contributed by atoms with Gasteiger partial charge in [0.2, 0.25) is 5.91 Å². The van der Waals surface area contributed by atoms with Crippen molar-refractivity contribution in [3.8, 4) is 12.3 Å². The van der Waals surface area contributed by atoms with Crippen LogP contribution in [0, 0.1) is 26.2 Å². The van der Waals surface area contributed by atoms with Crippen molar-refractivity contribution in [3.05, 3.63) is 29.3 Å². The van der Waals surface area contributed by atoms with Gasteiger partial charge in [0, 0.05) is 12.2 Å². The van der Waals surface area contributed by atoms with Gasteiger partial charge in [0.15, 0.2) is 0 Å². The molecule has 1 aromatic rings. The predicted molar refractivity (Wildman–Crippen MR) is 75.6 cm³/mol. The van der Waals surface area contributed by atoms with Crippen LogP contribution in [0.25, 0.3) is 0 Å². The van der Waals surface area contributed by atoms with Crippen LogP contribution in [-0.4, -0.2) is 25.5 Å². The van der Waals surface area contributed by atoms with Gasteiger partial charge in [0.1, 0.15) is 0 Å². The third kappa shape index (κ3) is 3.81. The Hall–Kier alpha value is -1.95. The molecule has 0 unspecified atom stereocenters. The number of benzene rings is 1. The van der Waals surface area contributed by atoms with Crippen LogP contribution in [0.4, 0.5) is 5.69 Å². The number of amides is 1. The first kappa shape index (κ1) is 14.1. The van der Waals surface area contributed by atoms with Gasteiger partial charge < -0.3 is 10.2 Å². The van der Waals surface area contributed by atoms with E-state index in [9.17, 15) is 4.79 Å². The molecule has 1 amide bonds. The molecule has 1 rings (SSSR count). The molecule has 18 heavy (non-hydrogen) atoms. The topological polar surface area (TPSA) is 32.3 Å². The number of carbonyl (C=O) groups excluding carboxylic acids is 1. The van der Waals surface area contributed by atoms with E-state index in [4.69, 9.17) is 6.42 Å². The summed E-state index contributed by atoms with van der Waals surface area (Å²) in [5, 5.41) is 2.68. The SMILES string of the molecule is C#CCNC(=O)CN(CC)c1cc(C)ccc1C. The van der Waals surface area contributed by atoms with Crippen molar-refractivity contribution >= 4 is 11.6 Å². The van der Waals surface area contributed by atoms with Crippen molar-refractivity contribution in [2.75, 3.05) is 24.5 Å². The summed E-state index contributed by atoms with van der Waals surface area (Å²) in [6.45, 7) is 7.54. The van der Waals surface area contributed by atoms with Crippen LogP contribution in [0.15, 0.2) is 18.2 Å². The summed E-state index contributed by atoms with van der Waals surface area (Å²) in [5.41, 5.74) is 3.47. The molecule has 0 aromatic heterocycles. The number of terminal acetylenes is 1. The van der Waals surface area contributed by atoms with Crippen molar-refractivity contribution in [2.24, 2.45) is 0 Å². The van der Waals surface area contributed by atoms with Gasteiger partial charge in [-0.15, -0.1) is 6.42 Å². The zero-order chi connectivity index (χ0) is 13.5. The van der Waals surface area contributed by atoms with E-state index in [2.05, 4.69) is 43.3 Å². The van der Waals surface area contributed by atoms with Crippen LogP contribution in [0.1, 0.15) is 18.1 Å². The molecule has 0 saturated carbocycles. The minimum absolute atomic E-state index is 0.0456. The van der Waals surface area contributed by atoms with E-state index < -0.39 is 0 Å². The molecule has 0 fully saturated rings. The summed E-state index contributed by atoms with van der Waals surface area (Å²) < 4.78 is 0. The highest BCUT2D eigenvalue weighted by Crippen LogP contribution is 2.21. The van der Waals surface area contributed by atoms with E-state index in [0.29, 0.717) is 6.54 Å². The molecular formula is C15H20N2O. The summed E-state index contributed by atoms with van der Waals surface area (Å²) in [5.74, 6) is 2.35. The summed E-state index contributed by atoms with van der Waals surface area (Å²) in [7, 11) is 0. The highest BCUT2D eigenvalue weighted by Gasteiger charge is 2.11. The lowest BCUT2D eigenvalue weighted by Gasteiger charge is -2.24. The van der Waals surface area contributed by atoms with Crippen LogP contribution in [0.3, 0.4) is 0 Å². The molecule has 96 valence electrons. The first-order valence-corrected chi connectivity index (χ1v) is 6.10. The van der Waals surface area contributed by atoms with E-state index in [1.165, 1.54) is 11.1 Å². The molecule has 0 saturated heterocycles. The Morgan fingerprint density at radius 1 is 1.44 bits per heavy atom. The predicted octanol–water partition coefficient (Wildman–Crippen LogP) is 1.88. The first-order valence-electron chi connectivity index (χ1n) is 6.10. The Bertz CT molecular complexity index is 460. The highest BCUT2D eigenvalue weighted by atomic mass is 16.2. The van der Waals surface area contributed by atoms with Crippen molar-refractivity contribution in [1.82, 2.24) is 5.32 Å². The summed E-state index contributed by atoms with van der Waals surface area (Å²) in [6, 6.07) is 6.26. The van der Waals surface area contributed by atoms with Gasteiger partial charge in [-0.05, 0) is 38.0 Å². The molecule has 0 spiro atoms. The van der Waals surface area contributed by atoms with Gasteiger partial charge in [-0.25, -0.2) is 0 Å². The maximum atomic E-state index is 11.7. The molecule has 3 heteroatoms. The van der Waals surface area contributed by atoms with Crippen molar-refractivity contribution in [2.45, 2.75) is 20.8 Å². The molecule has 0 aliphatic carbocycles. The fourth-order valence-electron chi connectivity index (χ4n) is 1.81. The summed E-state index contributed by atoms with van der Waals surface area (Å²) in [4.78, 5) is 13.7. The smallest absolute Gasteiger partial charge is 0.240 e. The van der Waals surface area contributed by atoms with Gasteiger partial charge >= 0.3 is 0 Å². The lowest BCUT2D eigenvalue weighted by molar-refractivity contribution is -0.119. The Labute approximate surface area is 109 Å². The number of nitrogens with zero attached hydrogens (tertiary/aromatic N) is 1. The Morgan fingerprint density at radius 3 is 2.78 bits per heavy atom. The molecule has 0 radical (unpaired) electrons. The molecule has 0 aliphatic heterocycles. The van der Waals surface area contributed by atoms with Crippen LogP contribution in [-0.2, 0) is 4.79 Å². The lowest BCUT2D eigenvalue weighted by Crippen LogP contribution is -2.37. The number of anilines is 1. The zero-order valence-electron chi connectivity index (χ0n) is 11.3. The van der Waals surface area contributed by atoms with Gasteiger partial charge in [-0.3, -0.25) is 4.79 Å². The number of hydrogen-bond acceptors (Lipinski definition) is 2. The van der Waals surface area contributed by atoms with Crippen LogP contribution in [0.5, 0.6) is 0 Å². The molecule has 0 bridgehead atoms. The van der Waals surface area contributed by atoms with Crippen molar-refractivity contribution < 1.29 is 4.79 Å². The second-order valence-corrected chi connectivity index (χ2v) is 4.28. The number of hydrogen-bond donors (Lipinski definition) is 1. The molecule has 0 aliphatic rings. The van der Waals surface area contributed by atoms with Gasteiger partial charge in [-0.1, -0.05) is 18.1 Å². The van der Waals surface area contributed by atoms with E-state index in [-0.39, 0.29) is 12.5 Å². The van der Waals surface area contributed by atoms with Crippen LogP contribution < -0.4 is 10.2 Å². The minimum Gasteiger partial charge on any atom is -0.362 e. The standard InChI is InChI=1S/C15H20N2O/c1-5-9-16-15(18)11-17(6-2)14-10-12(3)7-8-13(14)4/h1,7-8,10H,6,9,11H2,2-4H3,(H,16,18). The second kappa shape index (κ2) is 6.70. The number of rotatable bonds is 5. The Balaban J connectivity index is 2.80. The van der Waals surface area contributed by atoms with Gasteiger partial charge in [0.25, 0.3) is 0 Å². The van der Waals surface area contributed by atoms with Crippen LogP contribution >= 0.6 is 0 Å². The molecule has 0 heterocycles. The fraction of sp³-hybridized carbons (Fsp3) is 0.400. The number of carbonyl (C=O) groups is 1. The molecular weight excluding hydrogens is 224 g/mol. The number of nitrogens with one attached hydrogen (secondary N) is 1. The normalized spacial score (nSPS) is 9.67. The van der Waals surface area contributed by atoms with Crippen LogP contribution in [0.2, 0.25) is 0 Å². The average Bonchev–Trinajstić information content (AvgIpc) is 2.36. The second-order valence-electron chi connectivity index (χ2n) is 4.28. The highest BCUT2D eigenvalue weighted by molar-refractivity contribution is 5.81.